The largest absolute Gasteiger partial charge is 0.483 e. The minimum atomic E-state index is -0.182. The molecule has 0 fully saturated rings. The number of hydrogen-bond donors (Lipinski definition) is 1. The first-order chi connectivity index (χ1) is 10.1. The molecule has 2 aromatic carbocycles. The second-order valence-electron chi connectivity index (χ2n) is 4.56. The lowest BCUT2D eigenvalue weighted by Gasteiger charge is -2.15. The summed E-state index contributed by atoms with van der Waals surface area (Å²) in [5.74, 6) is 0.460. The second-order valence-corrected chi connectivity index (χ2v) is 5.85. The number of carbonyl (C=O) groups is 1. The zero-order valence-electron chi connectivity index (χ0n) is 11.5. The Morgan fingerprint density at radius 3 is 2.76 bits per heavy atom. The van der Waals surface area contributed by atoms with Gasteiger partial charge in [0, 0.05) is 5.02 Å². The van der Waals surface area contributed by atoms with E-state index in [4.69, 9.17) is 16.3 Å². The Morgan fingerprint density at radius 1 is 1.29 bits per heavy atom. The normalized spacial score (nSPS) is 11.8. The van der Waals surface area contributed by atoms with E-state index in [1.54, 1.807) is 12.1 Å². The van der Waals surface area contributed by atoms with Crippen LogP contribution in [-0.4, -0.2) is 12.5 Å². The van der Waals surface area contributed by atoms with E-state index in [0.29, 0.717) is 10.8 Å². The van der Waals surface area contributed by atoms with Crippen molar-refractivity contribution in [2.45, 2.75) is 13.0 Å². The van der Waals surface area contributed by atoms with E-state index in [1.807, 2.05) is 43.3 Å². The first-order valence-electron chi connectivity index (χ1n) is 6.48. The Labute approximate surface area is 137 Å². The lowest BCUT2D eigenvalue weighted by Crippen LogP contribution is -2.31. The van der Waals surface area contributed by atoms with Crippen molar-refractivity contribution in [3.63, 3.8) is 0 Å². The molecule has 21 heavy (non-hydrogen) atoms. The SMILES string of the molecule is CC(NC(=O)COc1ccccc1Br)c1cccc(Cl)c1. The minimum Gasteiger partial charge on any atom is -0.483 e. The molecule has 2 rings (SSSR count). The molecule has 0 aliphatic carbocycles. The average molecular weight is 369 g/mol. The molecule has 0 aliphatic heterocycles. The van der Waals surface area contributed by atoms with Gasteiger partial charge in [-0.2, -0.15) is 0 Å². The molecule has 1 unspecified atom stereocenters. The van der Waals surface area contributed by atoms with Crippen LogP contribution in [-0.2, 0) is 4.79 Å². The number of halogens is 2. The number of amides is 1. The van der Waals surface area contributed by atoms with Crippen LogP contribution in [0.25, 0.3) is 0 Å². The molecule has 0 aliphatic rings. The number of para-hydroxylation sites is 1. The van der Waals surface area contributed by atoms with Crippen LogP contribution in [0.3, 0.4) is 0 Å². The van der Waals surface area contributed by atoms with Gasteiger partial charge in [0.1, 0.15) is 5.75 Å². The zero-order valence-corrected chi connectivity index (χ0v) is 13.8. The van der Waals surface area contributed by atoms with Crippen LogP contribution in [0.1, 0.15) is 18.5 Å². The lowest BCUT2D eigenvalue weighted by atomic mass is 10.1. The second kappa shape index (κ2) is 7.48. The quantitative estimate of drug-likeness (QED) is 0.851. The molecule has 0 radical (unpaired) electrons. The van der Waals surface area contributed by atoms with E-state index in [0.717, 1.165) is 10.0 Å². The highest BCUT2D eigenvalue weighted by Crippen LogP contribution is 2.23. The molecule has 1 atom stereocenters. The summed E-state index contributed by atoms with van der Waals surface area (Å²) in [6.45, 7) is 1.87. The van der Waals surface area contributed by atoms with Crippen molar-refractivity contribution in [2.75, 3.05) is 6.61 Å². The third-order valence-corrected chi connectivity index (χ3v) is 3.81. The smallest absolute Gasteiger partial charge is 0.258 e. The molecule has 0 heterocycles. The average Bonchev–Trinajstić information content (AvgIpc) is 2.46. The predicted octanol–water partition coefficient (Wildman–Crippen LogP) is 4.36. The topological polar surface area (TPSA) is 38.3 Å². The van der Waals surface area contributed by atoms with Crippen molar-refractivity contribution < 1.29 is 9.53 Å². The number of carbonyl (C=O) groups excluding carboxylic acids is 1. The Kier molecular flexibility index (Phi) is 5.65. The van der Waals surface area contributed by atoms with Gasteiger partial charge < -0.3 is 10.1 Å². The Bertz CT molecular complexity index is 633. The lowest BCUT2D eigenvalue weighted by molar-refractivity contribution is -0.123. The van der Waals surface area contributed by atoms with Crippen molar-refractivity contribution >= 4 is 33.4 Å². The fourth-order valence-electron chi connectivity index (χ4n) is 1.85. The van der Waals surface area contributed by atoms with E-state index >= 15 is 0 Å². The molecule has 0 aromatic heterocycles. The maximum absolute atomic E-state index is 11.9. The minimum absolute atomic E-state index is 0.0342. The molecule has 3 nitrogen and oxygen atoms in total. The van der Waals surface area contributed by atoms with Crippen LogP contribution in [0.4, 0.5) is 0 Å². The molecule has 0 saturated carbocycles. The van der Waals surface area contributed by atoms with Gasteiger partial charge in [0.05, 0.1) is 10.5 Å². The number of benzene rings is 2. The van der Waals surface area contributed by atoms with Gasteiger partial charge in [-0.25, -0.2) is 0 Å². The van der Waals surface area contributed by atoms with Gasteiger partial charge >= 0.3 is 0 Å². The first kappa shape index (κ1) is 15.9. The van der Waals surface area contributed by atoms with Gasteiger partial charge in [-0.05, 0) is 52.7 Å². The fraction of sp³-hybridized carbons (Fsp3) is 0.188. The van der Waals surface area contributed by atoms with Crippen LogP contribution >= 0.6 is 27.5 Å². The maximum atomic E-state index is 11.9. The molecule has 5 heteroatoms. The summed E-state index contributed by atoms with van der Waals surface area (Å²) in [6, 6.07) is 14.7. The molecular formula is C16H15BrClNO2. The van der Waals surface area contributed by atoms with Crippen LogP contribution < -0.4 is 10.1 Å². The zero-order chi connectivity index (χ0) is 15.2. The monoisotopic (exact) mass is 367 g/mol. The molecule has 1 N–H and O–H groups in total. The van der Waals surface area contributed by atoms with Crippen LogP contribution in [0.15, 0.2) is 53.0 Å². The molecule has 110 valence electrons. The molecule has 0 spiro atoms. The molecular weight excluding hydrogens is 354 g/mol. The molecule has 2 aromatic rings. The Balaban J connectivity index is 1.89. The standard InChI is InChI=1S/C16H15BrClNO2/c1-11(12-5-4-6-13(18)9-12)19-16(20)10-21-15-8-3-2-7-14(15)17/h2-9,11H,10H2,1H3,(H,19,20). The van der Waals surface area contributed by atoms with Crippen LogP contribution in [0, 0.1) is 0 Å². The van der Waals surface area contributed by atoms with Gasteiger partial charge in [0.2, 0.25) is 0 Å². The van der Waals surface area contributed by atoms with Gasteiger partial charge in [0.25, 0.3) is 5.91 Å². The summed E-state index contributed by atoms with van der Waals surface area (Å²) in [5, 5.41) is 3.53. The number of hydrogen-bond acceptors (Lipinski definition) is 2. The van der Waals surface area contributed by atoms with Crippen molar-refractivity contribution in [3.05, 3.63) is 63.6 Å². The maximum Gasteiger partial charge on any atom is 0.258 e. The van der Waals surface area contributed by atoms with Crippen LogP contribution in [0.5, 0.6) is 5.75 Å². The summed E-state index contributed by atoms with van der Waals surface area (Å²) in [7, 11) is 0. The first-order valence-corrected chi connectivity index (χ1v) is 7.65. The van der Waals surface area contributed by atoms with E-state index in [-0.39, 0.29) is 18.6 Å². The summed E-state index contributed by atoms with van der Waals surface area (Å²) in [6.07, 6.45) is 0. The molecule has 1 amide bonds. The third-order valence-electron chi connectivity index (χ3n) is 2.92. The number of ether oxygens (including phenoxy) is 1. The molecule has 0 bridgehead atoms. The molecule has 0 saturated heterocycles. The van der Waals surface area contributed by atoms with Gasteiger partial charge in [-0.15, -0.1) is 0 Å². The van der Waals surface area contributed by atoms with E-state index in [1.165, 1.54) is 0 Å². The predicted molar refractivity (Wildman–Crippen MR) is 87.6 cm³/mol. The van der Waals surface area contributed by atoms with Gasteiger partial charge in [-0.1, -0.05) is 35.9 Å². The van der Waals surface area contributed by atoms with E-state index in [2.05, 4.69) is 21.2 Å². The van der Waals surface area contributed by atoms with Crippen molar-refractivity contribution in [2.24, 2.45) is 0 Å². The van der Waals surface area contributed by atoms with Crippen molar-refractivity contribution in [1.82, 2.24) is 5.32 Å². The van der Waals surface area contributed by atoms with E-state index in [9.17, 15) is 4.79 Å². The van der Waals surface area contributed by atoms with E-state index < -0.39 is 0 Å². The third kappa shape index (κ3) is 4.76. The summed E-state index contributed by atoms with van der Waals surface area (Å²) < 4.78 is 6.29. The van der Waals surface area contributed by atoms with Gasteiger partial charge in [0.15, 0.2) is 6.61 Å². The van der Waals surface area contributed by atoms with Crippen molar-refractivity contribution in [1.29, 1.82) is 0 Å². The summed E-state index contributed by atoms with van der Waals surface area (Å²) in [5.41, 5.74) is 0.955. The highest BCUT2D eigenvalue weighted by atomic mass is 79.9. The number of nitrogens with one attached hydrogen (secondary N) is 1. The number of rotatable bonds is 5. The summed E-state index contributed by atoms with van der Waals surface area (Å²) in [4.78, 5) is 11.9. The van der Waals surface area contributed by atoms with Crippen molar-refractivity contribution in [3.8, 4) is 5.75 Å². The highest BCUT2D eigenvalue weighted by Gasteiger charge is 2.11. The Hall–Kier alpha value is -1.52. The fourth-order valence-corrected chi connectivity index (χ4v) is 2.45. The Morgan fingerprint density at radius 2 is 2.05 bits per heavy atom. The highest BCUT2D eigenvalue weighted by molar-refractivity contribution is 9.10. The summed E-state index contributed by atoms with van der Waals surface area (Å²) >= 11 is 9.31. The van der Waals surface area contributed by atoms with Crippen LogP contribution in [0.2, 0.25) is 5.02 Å². The van der Waals surface area contributed by atoms with Gasteiger partial charge in [-0.3, -0.25) is 4.79 Å².